The summed E-state index contributed by atoms with van der Waals surface area (Å²) in [5.41, 5.74) is 1.18. The molecule has 3 rings (SSSR count). The summed E-state index contributed by atoms with van der Waals surface area (Å²) in [5, 5.41) is 5.40. The van der Waals surface area contributed by atoms with Crippen molar-refractivity contribution in [3.8, 4) is 0 Å². The minimum Gasteiger partial charge on any atom is -0.346 e. The second-order valence-corrected chi connectivity index (χ2v) is 6.56. The third-order valence-corrected chi connectivity index (χ3v) is 5.23. The molecule has 0 spiro atoms. The van der Waals surface area contributed by atoms with Gasteiger partial charge in [-0.25, -0.2) is 4.39 Å². The van der Waals surface area contributed by atoms with Crippen molar-refractivity contribution in [2.45, 2.75) is 13.5 Å². The maximum Gasteiger partial charge on any atom is 0.261 e. The molecule has 1 N–H and O–H groups in total. The number of aryl methyl sites for hydroxylation is 1. The molecule has 0 aliphatic carbocycles. The van der Waals surface area contributed by atoms with E-state index < -0.39 is 0 Å². The Kier molecular flexibility index (Phi) is 3.54. The fourth-order valence-electron chi connectivity index (χ4n) is 1.97. The van der Waals surface area contributed by atoms with Gasteiger partial charge in [0, 0.05) is 15.0 Å². The van der Waals surface area contributed by atoms with Crippen LogP contribution in [0, 0.1) is 12.7 Å². The van der Waals surface area contributed by atoms with Crippen molar-refractivity contribution >= 4 is 38.7 Å². The number of benzene rings is 1. The lowest BCUT2D eigenvalue weighted by molar-refractivity contribution is 0.0955. The van der Waals surface area contributed by atoms with Crippen LogP contribution in [0.2, 0.25) is 0 Å². The number of fused-ring (bicyclic) bond motifs is 1. The second kappa shape index (κ2) is 5.34. The topological polar surface area (TPSA) is 29.1 Å². The standard InChI is InChI=1S/C15H12FNOS2/c1-9-5-6-19-14(9)8-17-15(18)13-7-10-11(16)3-2-4-12(10)20-13/h2-7H,8H2,1H3,(H,17,18). The Morgan fingerprint density at radius 1 is 1.35 bits per heavy atom. The molecule has 0 saturated carbocycles. The van der Waals surface area contributed by atoms with Crippen molar-refractivity contribution in [3.63, 3.8) is 0 Å². The van der Waals surface area contributed by atoms with Crippen molar-refractivity contribution in [3.05, 3.63) is 56.8 Å². The molecule has 2 nitrogen and oxygen atoms in total. The van der Waals surface area contributed by atoms with Crippen molar-refractivity contribution in [2.24, 2.45) is 0 Å². The average Bonchev–Trinajstić information content (AvgIpc) is 3.03. The van der Waals surface area contributed by atoms with Gasteiger partial charge in [0.2, 0.25) is 0 Å². The van der Waals surface area contributed by atoms with Crippen LogP contribution in [0.25, 0.3) is 10.1 Å². The number of thiophene rings is 2. The molecule has 0 bridgehead atoms. The van der Waals surface area contributed by atoms with Gasteiger partial charge in [0.1, 0.15) is 5.82 Å². The molecule has 2 heterocycles. The molecule has 0 aliphatic rings. The zero-order chi connectivity index (χ0) is 14.1. The lowest BCUT2D eigenvalue weighted by Gasteiger charge is -2.02. The normalized spacial score (nSPS) is 10.9. The number of hydrogen-bond acceptors (Lipinski definition) is 3. The predicted octanol–water partition coefficient (Wildman–Crippen LogP) is 4.34. The maximum absolute atomic E-state index is 13.6. The van der Waals surface area contributed by atoms with Gasteiger partial charge in [0.25, 0.3) is 5.91 Å². The fraction of sp³-hybridized carbons (Fsp3) is 0.133. The van der Waals surface area contributed by atoms with Crippen molar-refractivity contribution in [1.29, 1.82) is 0 Å². The lowest BCUT2D eigenvalue weighted by atomic mass is 10.2. The number of hydrogen-bond donors (Lipinski definition) is 1. The van der Waals surface area contributed by atoms with Gasteiger partial charge >= 0.3 is 0 Å². The molecule has 0 unspecified atom stereocenters. The van der Waals surface area contributed by atoms with Crippen LogP contribution in [-0.2, 0) is 6.54 Å². The molecule has 102 valence electrons. The Balaban J connectivity index is 1.79. The minimum atomic E-state index is -0.285. The first-order chi connectivity index (χ1) is 9.65. The lowest BCUT2D eigenvalue weighted by Crippen LogP contribution is -2.21. The number of nitrogens with one attached hydrogen (secondary N) is 1. The molecule has 3 aromatic rings. The molecule has 5 heteroatoms. The molecular weight excluding hydrogens is 293 g/mol. The Bertz CT molecular complexity index is 775. The number of carbonyl (C=O) groups is 1. The van der Waals surface area contributed by atoms with Gasteiger partial charge in [-0.1, -0.05) is 6.07 Å². The number of rotatable bonds is 3. The van der Waals surface area contributed by atoms with E-state index in [4.69, 9.17) is 0 Å². The van der Waals surface area contributed by atoms with E-state index in [1.165, 1.54) is 23.0 Å². The van der Waals surface area contributed by atoms with Gasteiger partial charge in [-0.3, -0.25) is 4.79 Å². The van der Waals surface area contributed by atoms with Crippen LogP contribution >= 0.6 is 22.7 Å². The molecule has 1 amide bonds. The van der Waals surface area contributed by atoms with Gasteiger partial charge in [-0.2, -0.15) is 0 Å². The zero-order valence-corrected chi connectivity index (χ0v) is 12.4. The first-order valence-electron chi connectivity index (χ1n) is 6.14. The van der Waals surface area contributed by atoms with Crippen molar-refractivity contribution in [2.75, 3.05) is 0 Å². The molecular formula is C15H12FNOS2. The highest BCUT2D eigenvalue weighted by atomic mass is 32.1. The predicted molar refractivity (Wildman–Crippen MR) is 82.0 cm³/mol. The van der Waals surface area contributed by atoms with Crippen LogP contribution in [0.1, 0.15) is 20.1 Å². The van der Waals surface area contributed by atoms with E-state index >= 15 is 0 Å². The van der Waals surface area contributed by atoms with Crippen molar-refractivity contribution < 1.29 is 9.18 Å². The Morgan fingerprint density at radius 3 is 2.90 bits per heavy atom. The summed E-state index contributed by atoms with van der Waals surface area (Å²) in [6.45, 7) is 2.53. The first kappa shape index (κ1) is 13.3. The van der Waals surface area contributed by atoms with E-state index in [0.29, 0.717) is 16.8 Å². The highest BCUT2D eigenvalue weighted by Crippen LogP contribution is 2.27. The molecule has 20 heavy (non-hydrogen) atoms. The largest absolute Gasteiger partial charge is 0.346 e. The zero-order valence-electron chi connectivity index (χ0n) is 10.8. The molecule has 0 fully saturated rings. The van der Waals surface area contributed by atoms with E-state index in [0.717, 1.165) is 9.58 Å². The van der Waals surface area contributed by atoms with E-state index in [1.54, 1.807) is 23.5 Å². The van der Waals surface area contributed by atoms with Gasteiger partial charge in [0.15, 0.2) is 0 Å². The maximum atomic E-state index is 13.6. The van der Waals surface area contributed by atoms with Gasteiger partial charge in [0.05, 0.1) is 11.4 Å². The van der Waals surface area contributed by atoms with Gasteiger partial charge in [-0.15, -0.1) is 22.7 Å². The number of halogens is 1. The second-order valence-electron chi connectivity index (χ2n) is 4.47. The number of amides is 1. The van der Waals surface area contributed by atoms with Crippen LogP contribution in [0.5, 0.6) is 0 Å². The SMILES string of the molecule is Cc1ccsc1CNC(=O)c1cc2c(F)cccc2s1. The molecule has 0 radical (unpaired) electrons. The number of carbonyl (C=O) groups excluding carboxylic acids is 1. The summed E-state index contributed by atoms with van der Waals surface area (Å²) >= 11 is 2.94. The summed E-state index contributed by atoms with van der Waals surface area (Å²) in [7, 11) is 0. The summed E-state index contributed by atoms with van der Waals surface area (Å²) in [6.07, 6.45) is 0. The third-order valence-electron chi connectivity index (χ3n) is 3.11. The van der Waals surface area contributed by atoms with Crippen molar-refractivity contribution in [1.82, 2.24) is 5.32 Å². The summed E-state index contributed by atoms with van der Waals surface area (Å²) in [5.74, 6) is -0.440. The molecule has 0 saturated heterocycles. The van der Waals surface area contributed by atoms with Gasteiger partial charge in [-0.05, 0) is 42.1 Å². The molecule has 0 aliphatic heterocycles. The summed E-state index contributed by atoms with van der Waals surface area (Å²) < 4.78 is 14.4. The van der Waals surface area contributed by atoms with Crippen LogP contribution < -0.4 is 5.32 Å². The van der Waals surface area contributed by atoms with Gasteiger partial charge < -0.3 is 5.32 Å². The Hall–Kier alpha value is -1.72. The molecule has 0 atom stereocenters. The first-order valence-corrected chi connectivity index (χ1v) is 7.84. The summed E-state index contributed by atoms with van der Waals surface area (Å²) in [4.78, 5) is 13.8. The van der Waals surface area contributed by atoms with Crippen LogP contribution in [0.4, 0.5) is 4.39 Å². The highest BCUT2D eigenvalue weighted by Gasteiger charge is 2.12. The Labute approximate surface area is 123 Å². The smallest absolute Gasteiger partial charge is 0.261 e. The molecule has 2 aromatic heterocycles. The minimum absolute atomic E-state index is 0.154. The highest BCUT2D eigenvalue weighted by molar-refractivity contribution is 7.20. The fourth-order valence-corrected chi connectivity index (χ4v) is 3.81. The Morgan fingerprint density at radius 2 is 2.20 bits per heavy atom. The van der Waals surface area contributed by atoms with Crippen LogP contribution in [0.15, 0.2) is 35.7 Å². The van der Waals surface area contributed by atoms with Crippen LogP contribution in [0.3, 0.4) is 0 Å². The van der Waals surface area contributed by atoms with E-state index in [1.807, 2.05) is 24.4 Å². The third kappa shape index (κ3) is 2.46. The summed E-state index contributed by atoms with van der Waals surface area (Å²) in [6, 6.07) is 8.53. The molecule has 1 aromatic carbocycles. The van der Waals surface area contributed by atoms with E-state index in [9.17, 15) is 9.18 Å². The monoisotopic (exact) mass is 305 g/mol. The average molecular weight is 305 g/mol. The van der Waals surface area contributed by atoms with Crippen LogP contribution in [-0.4, -0.2) is 5.91 Å². The van der Waals surface area contributed by atoms with E-state index in [2.05, 4.69) is 5.32 Å². The quantitative estimate of drug-likeness (QED) is 0.766. The van der Waals surface area contributed by atoms with E-state index in [-0.39, 0.29) is 11.7 Å².